The number of carbonyl (C=O) groups is 2. The van der Waals surface area contributed by atoms with Gasteiger partial charge in [-0.15, -0.1) is 0 Å². The summed E-state index contributed by atoms with van der Waals surface area (Å²) in [4.78, 5) is 22.8. The molecule has 0 spiro atoms. The zero-order valence-corrected chi connectivity index (χ0v) is 12.1. The van der Waals surface area contributed by atoms with Crippen LogP contribution in [-0.4, -0.2) is 48.0 Å². The minimum atomic E-state index is -1.05. The van der Waals surface area contributed by atoms with E-state index in [0.29, 0.717) is 23.2 Å². The molecule has 1 amide bonds. The number of benzene rings is 1. The van der Waals surface area contributed by atoms with Gasteiger partial charge in [0.15, 0.2) is 0 Å². The zero-order valence-electron chi connectivity index (χ0n) is 10.5. The molecule has 1 aliphatic heterocycles. The van der Waals surface area contributed by atoms with Crippen LogP contribution in [0.4, 0.5) is 0 Å². The Bertz CT molecular complexity index is 533. The van der Waals surface area contributed by atoms with Crippen molar-refractivity contribution >= 4 is 27.8 Å². The molecule has 1 saturated heterocycles. The maximum atomic E-state index is 12.0. The second kappa shape index (κ2) is 6.34. The number of nitrogens with one attached hydrogen (secondary N) is 1. The first-order chi connectivity index (χ1) is 9.49. The Balaban J connectivity index is 2.00. The Labute approximate surface area is 123 Å². The first-order valence-corrected chi connectivity index (χ1v) is 6.85. The largest absolute Gasteiger partial charge is 0.478 e. The number of halogens is 1. The molecule has 2 rings (SSSR count). The predicted octanol–water partition coefficient (Wildman–Crippen LogP) is 0.884. The van der Waals surface area contributed by atoms with Gasteiger partial charge in [-0.25, -0.2) is 4.79 Å². The maximum Gasteiger partial charge on any atom is 0.335 e. The number of aliphatic hydroxyl groups excluding tert-OH is 1. The molecule has 108 valence electrons. The van der Waals surface area contributed by atoms with Crippen molar-refractivity contribution in [2.24, 2.45) is 5.92 Å². The number of carbonyl (C=O) groups excluding carboxylic acids is 1. The zero-order chi connectivity index (χ0) is 14.7. The van der Waals surface area contributed by atoms with Gasteiger partial charge in [0.25, 0.3) is 5.91 Å². The van der Waals surface area contributed by atoms with Crippen LogP contribution >= 0.6 is 15.9 Å². The molecule has 0 radical (unpaired) electrons. The highest BCUT2D eigenvalue weighted by Gasteiger charge is 2.26. The lowest BCUT2D eigenvalue weighted by Gasteiger charge is -2.13. The maximum absolute atomic E-state index is 12.0. The predicted molar refractivity (Wildman–Crippen MR) is 73.8 cm³/mol. The smallest absolute Gasteiger partial charge is 0.335 e. The first-order valence-electron chi connectivity index (χ1n) is 6.06. The number of rotatable bonds is 4. The fourth-order valence-electron chi connectivity index (χ4n) is 1.93. The summed E-state index contributed by atoms with van der Waals surface area (Å²) in [5, 5.41) is 21.1. The number of carboxylic acids is 1. The van der Waals surface area contributed by atoms with Crippen molar-refractivity contribution in [3.63, 3.8) is 0 Å². The van der Waals surface area contributed by atoms with Crippen LogP contribution in [-0.2, 0) is 4.74 Å². The van der Waals surface area contributed by atoms with Gasteiger partial charge in [0.2, 0.25) is 0 Å². The summed E-state index contributed by atoms with van der Waals surface area (Å²) in [5.74, 6) is -1.49. The number of hydrogen-bond acceptors (Lipinski definition) is 4. The fraction of sp³-hybridized carbons (Fsp3) is 0.385. The van der Waals surface area contributed by atoms with Crippen LogP contribution in [0, 0.1) is 5.92 Å². The Morgan fingerprint density at radius 2 is 2.15 bits per heavy atom. The van der Waals surface area contributed by atoms with E-state index in [1.807, 2.05) is 0 Å². The Morgan fingerprint density at radius 3 is 2.70 bits per heavy atom. The Morgan fingerprint density at radius 1 is 1.40 bits per heavy atom. The second-order valence-electron chi connectivity index (χ2n) is 4.57. The Kier molecular flexibility index (Phi) is 4.74. The molecule has 0 aromatic heterocycles. The van der Waals surface area contributed by atoms with Gasteiger partial charge >= 0.3 is 5.97 Å². The number of aromatic carboxylic acids is 1. The van der Waals surface area contributed by atoms with Gasteiger partial charge in [0.05, 0.1) is 30.4 Å². The normalized spacial score (nSPS) is 21.7. The average Bonchev–Trinajstić information content (AvgIpc) is 2.81. The van der Waals surface area contributed by atoms with E-state index in [1.54, 1.807) is 0 Å². The lowest BCUT2D eigenvalue weighted by molar-refractivity contribution is 0.0696. The van der Waals surface area contributed by atoms with Crippen molar-refractivity contribution in [2.45, 2.75) is 6.10 Å². The van der Waals surface area contributed by atoms with Crippen LogP contribution in [0.1, 0.15) is 20.7 Å². The first kappa shape index (κ1) is 15.0. The molecule has 1 aromatic rings. The standard InChI is InChI=1S/C13H14BrNO5/c14-10-3-7(13(18)19)1-2-9(10)12(17)15-4-8-5-20-6-11(8)16/h1-3,8,11,16H,4-6H2,(H,15,17)(H,18,19)/t8-,11+/m0/s1. The lowest BCUT2D eigenvalue weighted by atomic mass is 10.1. The van der Waals surface area contributed by atoms with E-state index in [9.17, 15) is 14.7 Å². The van der Waals surface area contributed by atoms with Crippen LogP contribution < -0.4 is 5.32 Å². The van der Waals surface area contributed by atoms with Crippen molar-refractivity contribution in [1.82, 2.24) is 5.32 Å². The van der Waals surface area contributed by atoms with Crippen molar-refractivity contribution in [1.29, 1.82) is 0 Å². The van der Waals surface area contributed by atoms with Crippen LogP contribution in [0.15, 0.2) is 22.7 Å². The molecular formula is C13H14BrNO5. The van der Waals surface area contributed by atoms with Gasteiger partial charge < -0.3 is 20.3 Å². The molecule has 7 heteroatoms. The van der Waals surface area contributed by atoms with Crippen molar-refractivity contribution in [2.75, 3.05) is 19.8 Å². The summed E-state index contributed by atoms with van der Waals surface area (Å²) in [6.07, 6.45) is -0.562. The summed E-state index contributed by atoms with van der Waals surface area (Å²) in [5.41, 5.74) is 0.455. The number of ether oxygens (including phenoxy) is 1. The lowest BCUT2D eigenvalue weighted by Crippen LogP contribution is -2.34. The summed E-state index contributed by atoms with van der Waals surface area (Å²) in [6.45, 7) is 1.02. The van der Waals surface area contributed by atoms with Gasteiger partial charge in [0, 0.05) is 16.9 Å². The van der Waals surface area contributed by atoms with Gasteiger partial charge in [-0.3, -0.25) is 4.79 Å². The molecule has 1 fully saturated rings. The van der Waals surface area contributed by atoms with E-state index in [-0.39, 0.29) is 24.0 Å². The highest BCUT2D eigenvalue weighted by Crippen LogP contribution is 2.19. The molecule has 0 saturated carbocycles. The quantitative estimate of drug-likeness (QED) is 0.754. The highest BCUT2D eigenvalue weighted by atomic mass is 79.9. The molecule has 6 nitrogen and oxygen atoms in total. The highest BCUT2D eigenvalue weighted by molar-refractivity contribution is 9.10. The third-order valence-corrected chi connectivity index (χ3v) is 3.81. The molecule has 20 heavy (non-hydrogen) atoms. The van der Waals surface area contributed by atoms with E-state index in [2.05, 4.69) is 21.2 Å². The van der Waals surface area contributed by atoms with E-state index in [0.717, 1.165) is 0 Å². The minimum Gasteiger partial charge on any atom is -0.478 e. The number of amides is 1. The van der Waals surface area contributed by atoms with Crippen LogP contribution in [0.2, 0.25) is 0 Å². The van der Waals surface area contributed by atoms with Crippen molar-refractivity contribution < 1.29 is 24.5 Å². The molecule has 0 unspecified atom stereocenters. The van der Waals surface area contributed by atoms with E-state index in [4.69, 9.17) is 9.84 Å². The Hall–Kier alpha value is -1.44. The third kappa shape index (κ3) is 3.36. The molecule has 2 atom stereocenters. The molecular weight excluding hydrogens is 330 g/mol. The minimum absolute atomic E-state index is 0.105. The molecule has 1 aliphatic rings. The molecule has 1 heterocycles. The topological polar surface area (TPSA) is 95.9 Å². The van der Waals surface area contributed by atoms with Crippen molar-refractivity contribution in [3.8, 4) is 0 Å². The van der Waals surface area contributed by atoms with E-state index < -0.39 is 12.1 Å². The van der Waals surface area contributed by atoms with Crippen molar-refractivity contribution in [3.05, 3.63) is 33.8 Å². The van der Waals surface area contributed by atoms with Crippen LogP contribution in [0.3, 0.4) is 0 Å². The molecule has 1 aromatic carbocycles. The number of aliphatic hydroxyl groups is 1. The summed E-state index contributed by atoms with van der Waals surface area (Å²) in [7, 11) is 0. The fourth-order valence-corrected chi connectivity index (χ4v) is 2.49. The van der Waals surface area contributed by atoms with Crippen LogP contribution in [0.5, 0.6) is 0 Å². The van der Waals surface area contributed by atoms with E-state index >= 15 is 0 Å². The van der Waals surface area contributed by atoms with Gasteiger partial charge in [-0.2, -0.15) is 0 Å². The summed E-state index contributed by atoms with van der Waals surface area (Å²) in [6, 6.07) is 4.20. The second-order valence-corrected chi connectivity index (χ2v) is 5.43. The monoisotopic (exact) mass is 343 g/mol. The third-order valence-electron chi connectivity index (χ3n) is 3.15. The van der Waals surface area contributed by atoms with Gasteiger partial charge in [-0.05, 0) is 34.1 Å². The SMILES string of the molecule is O=C(O)c1ccc(C(=O)NC[C@H]2COC[C@H]2O)c(Br)c1. The average molecular weight is 344 g/mol. The van der Waals surface area contributed by atoms with E-state index in [1.165, 1.54) is 18.2 Å². The van der Waals surface area contributed by atoms with Gasteiger partial charge in [0.1, 0.15) is 0 Å². The molecule has 0 aliphatic carbocycles. The summed E-state index contributed by atoms with van der Waals surface area (Å²) < 4.78 is 5.51. The summed E-state index contributed by atoms with van der Waals surface area (Å²) >= 11 is 3.18. The van der Waals surface area contributed by atoms with Crippen LogP contribution in [0.25, 0.3) is 0 Å². The number of carboxylic acid groups (broad SMARTS) is 1. The van der Waals surface area contributed by atoms with Gasteiger partial charge in [-0.1, -0.05) is 0 Å². The number of hydrogen-bond donors (Lipinski definition) is 3. The molecule has 3 N–H and O–H groups in total. The molecule has 0 bridgehead atoms.